The number of methoxy groups -OCH3 is 1. The zero-order valence-corrected chi connectivity index (χ0v) is 12.7. The molecule has 0 atom stereocenters. The fourth-order valence-corrected chi connectivity index (χ4v) is 2.11. The van der Waals surface area contributed by atoms with Crippen molar-refractivity contribution >= 4 is 21.9 Å². The van der Waals surface area contributed by atoms with E-state index < -0.39 is 0 Å². The number of hydrogen-bond donors (Lipinski definition) is 1. The normalized spacial score (nSPS) is 11.2. The fourth-order valence-electron chi connectivity index (χ4n) is 1.76. The molecule has 1 heterocycles. The molecule has 0 unspecified atom stereocenters. The minimum Gasteiger partial charge on any atom is -0.480 e. The van der Waals surface area contributed by atoms with Crippen molar-refractivity contribution in [2.45, 2.75) is 19.4 Å². The Morgan fingerprint density at radius 2 is 1.89 bits per heavy atom. The highest BCUT2D eigenvalue weighted by Gasteiger charge is 2.21. The van der Waals surface area contributed by atoms with Crippen LogP contribution in [0.2, 0.25) is 0 Å². The highest BCUT2D eigenvalue weighted by atomic mass is 79.9. The molecular weight excluding hydrogens is 306 g/mol. The first-order chi connectivity index (χ1) is 9.03. The van der Waals surface area contributed by atoms with Gasteiger partial charge in [0.2, 0.25) is 11.8 Å². The van der Waals surface area contributed by atoms with Crippen LogP contribution >= 0.6 is 15.9 Å². The summed E-state index contributed by atoms with van der Waals surface area (Å²) < 4.78 is 5.90. The molecule has 0 fully saturated rings. The third kappa shape index (κ3) is 3.23. The van der Waals surface area contributed by atoms with Gasteiger partial charge in [-0.15, -0.1) is 0 Å². The minimum absolute atomic E-state index is 0.264. The van der Waals surface area contributed by atoms with Crippen LogP contribution in [-0.4, -0.2) is 17.1 Å². The van der Waals surface area contributed by atoms with Crippen LogP contribution in [0.4, 0.5) is 5.95 Å². The molecule has 4 nitrogen and oxygen atoms in total. The third-order valence-electron chi connectivity index (χ3n) is 2.83. The first kappa shape index (κ1) is 13.8. The van der Waals surface area contributed by atoms with Gasteiger partial charge >= 0.3 is 0 Å². The summed E-state index contributed by atoms with van der Waals surface area (Å²) in [7, 11) is 1.58. The summed E-state index contributed by atoms with van der Waals surface area (Å²) in [6.07, 6.45) is 1.68. The van der Waals surface area contributed by atoms with Crippen LogP contribution in [0.1, 0.15) is 19.4 Å². The van der Waals surface area contributed by atoms with Crippen molar-refractivity contribution in [2.24, 2.45) is 0 Å². The Kier molecular flexibility index (Phi) is 4.04. The van der Waals surface area contributed by atoms with Crippen molar-refractivity contribution in [2.75, 3.05) is 12.4 Å². The maximum atomic E-state index is 5.17. The number of hydrogen-bond acceptors (Lipinski definition) is 4. The molecular formula is C14H16BrN3O. The van der Waals surface area contributed by atoms with Gasteiger partial charge in [-0.25, -0.2) is 4.98 Å². The average Bonchev–Trinajstić information content (AvgIpc) is 2.42. The lowest BCUT2D eigenvalue weighted by Crippen LogP contribution is -2.29. The van der Waals surface area contributed by atoms with E-state index in [9.17, 15) is 0 Å². The topological polar surface area (TPSA) is 47.0 Å². The van der Waals surface area contributed by atoms with Crippen LogP contribution in [0.5, 0.6) is 5.88 Å². The van der Waals surface area contributed by atoms with Gasteiger partial charge < -0.3 is 10.1 Å². The van der Waals surface area contributed by atoms with E-state index >= 15 is 0 Å². The number of aromatic nitrogens is 2. The molecule has 0 saturated heterocycles. The van der Waals surface area contributed by atoms with Gasteiger partial charge in [0.25, 0.3) is 0 Å². The van der Waals surface area contributed by atoms with E-state index in [0.717, 1.165) is 4.47 Å². The van der Waals surface area contributed by atoms with E-state index in [0.29, 0.717) is 11.8 Å². The zero-order valence-electron chi connectivity index (χ0n) is 11.1. The van der Waals surface area contributed by atoms with E-state index in [1.165, 1.54) is 5.56 Å². The molecule has 19 heavy (non-hydrogen) atoms. The van der Waals surface area contributed by atoms with Crippen LogP contribution < -0.4 is 10.1 Å². The van der Waals surface area contributed by atoms with Gasteiger partial charge in [0.1, 0.15) is 0 Å². The molecule has 0 radical (unpaired) electrons. The second kappa shape index (κ2) is 5.57. The SMILES string of the molecule is COc1nc(NC(C)(C)c2ccccc2)ncc1Br. The maximum Gasteiger partial charge on any atom is 0.232 e. The molecule has 0 spiro atoms. The van der Waals surface area contributed by atoms with Crippen LogP contribution in [0.3, 0.4) is 0 Å². The molecule has 0 aliphatic heterocycles. The van der Waals surface area contributed by atoms with Crippen LogP contribution in [0, 0.1) is 0 Å². The summed E-state index contributed by atoms with van der Waals surface area (Å²) in [5.74, 6) is 1.05. The molecule has 100 valence electrons. The Morgan fingerprint density at radius 1 is 1.21 bits per heavy atom. The number of ether oxygens (including phenoxy) is 1. The zero-order chi connectivity index (χ0) is 13.9. The Labute approximate surface area is 121 Å². The van der Waals surface area contributed by atoms with Gasteiger partial charge in [-0.1, -0.05) is 30.3 Å². The van der Waals surface area contributed by atoms with E-state index in [1.807, 2.05) is 18.2 Å². The number of nitrogens with one attached hydrogen (secondary N) is 1. The maximum absolute atomic E-state index is 5.17. The molecule has 0 bridgehead atoms. The highest BCUT2D eigenvalue weighted by molar-refractivity contribution is 9.10. The number of nitrogens with zero attached hydrogens (tertiary/aromatic N) is 2. The summed E-state index contributed by atoms with van der Waals surface area (Å²) in [6, 6.07) is 10.2. The fraction of sp³-hybridized carbons (Fsp3) is 0.286. The van der Waals surface area contributed by atoms with E-state index in [1.54, 1.807) is 13.3 Å². The predicted octanol–water partition coefficient (Wildman–Crippen LogP) is 3.59. The summed E-state index contributed by atoms with van der Waals surface area (Å²) in [5, 5.41) is 3.31. The van der Waals surface area contributed by atoms with Gasteiger partial charge in [0.15, 0.2) is 0 Å². The molecule has 2 aromatic rings. The van der Waals surface area contributed by atoms with Crippen molar-refractivity contribution in [1.29, 1.82) is 0 Å². The van der Waals surface area contributed by atoms with Gasteiger partial charge in [0.05, 0.1) is 23.3 Å². The molecule has 5 heteroatoms. The van der Waals surface area contributed by atoms with Crippen LogP contribution in [-0.2, 0) is 5.54 Å². The molecule has 0 saturated carbocycles. The standard InChI is InChI=1S/C14H16BrN3O/c1-14(2,10-7-5-4-6-8-10)18-13-16-9-11(15)12(17-13)19-3/h4-9H,1-3H3,(H,16,17,18). The lowest BCUT2D eigenvalue weighted by Gasteiger charge is -2.27. The van der Waals surface area contributed by atoms with E-state index in [4.69, 9.17) is 4.74 Å². The van der Waals surface area contributed by atoms with Crippen molar-refractivity contribution in [1.82, 2.24) is 9.97 Å². The van der Waals surface area contributed by atoms with Crippen LogP contribution in [0.25, 0.3) is 0 Å². The predicted molar refractivity (Wildman–Crippen MR) is 79.4 cm³/mol. The second-order valence-corrected chi connectivity index (χ2v) is 5.52. The summed E-state index contributed by atoms with van der Waals surface area (Å²) in [5.41, 5.74) is 0.903. The number of halogens is 1. The Balaban J connectivity index is 2.25. The van der Waals surface area contributed by atoms with Gasteiger partial charge in [-0.3, -0.25) is 0 Å². The van der Waals surface area contributed by atoms with Gasteiger partial charge in [0, 0.05) is 0 Å². The number of benzene rings is 1. The minimum atomic E-state index is -0.264. The summed E-state index contributed by atoms with van der Waals surface area (Å²) in [4.78, 5) is 8.56. The van der Waals surface area contributed by atoms with Crippen molar-refractivity contribution in [3.8, 4) is 5.88 Å². The van der Waals surface area contributed by atoms with E-state index in [-0.39, 0.29) is 5.54 Å². The van der Waals surface area contributed by atoms with E-state index in [2.05, 4.69) is 57.2 Å². The second-order valence-electron chi connectivity index (χ2n) is 4.67. The number of anilines is 1. The first-order valence-electron chi connectivity index (χ1n) is 5.93. The quantitative estimate of drug-likeness (QED) is 0.934. The molecule has 0 aliphatic rings. The van der Waals surface area contributed by atoms with Gasteiger partial charge in [-0.2, -0.15) is 4.98 Å². The largest absolute Gasteiger partial charge is 0.480 e. The monoisotopic (exact) mass is 321 g/mol. The molecule has 2 rings (SSSR count). The summed E-state index contributed by atoms with van der Waals surface area (Å²) >= 11 is 3.34. The van der Waals surface area contributed by atoms with Crippen LogP contribution in [0.15, 0.2) is 41.0 Å². The molecule has 1 aromatic heterocycles. The number of rotatable bonds is 4. The molecule has 0 amide bonds. The summed E-state index contributed by atoms with van der Waals surface area (Å²) in [6.45, 7) is 4.17. The van der Waals surface area contributed by atoms with Crippen molar-refractivity contribution in [3.63, 3.8) is 0 Å². The van der Waals surface area contributed by atoms with Crippen molar-refractivity contribution < 1.29 is 4.74 Å². The Morgan fingerprint density at radius 3 is 2.53 bits per heavy atom. The first-order valence-corrected chi connectivity index (χ1v) is 6.72. The Hall–Kier alpha value is -1.62. The van der Waals surface area contributed by atoms with Crippen molar-refractivity contribution in [3.05, 3.63) is 46.6 Å². The molecule has 0 aliphatic carbocycles. The highest BCUT2D eigenvalue weighted by Crippen LogP contribution is 2.26. The average molecular weight is 322 g/mol. The Bertz CT molecular complexity index is 558. The molecule has 1 aromatic carbocycles. The molecule has 1 N–H and O–H groups in total. The van der Waals surface area contributed by atoms with Gasteiger partial charge in [-0.05, 0) is 35.3 Å². The lowest BCUT2D eigenvalue weighted by molar-refractivity contribution is 0.394. The lowest BCUT2D eigenvalue weighted by atomic mass is 9.95. The third-order valence-corrected chi connectivity index (χ3v) is 3.37. The smallest absolute Gasteiger partial charge is 0.232 e.